The SMILES string of the molecule is CC(C(=O)O)N(C(=O)c1ccc(F)c(Cl)c1)c1ccccc1. The Morgan fingerprint density at radius 3 is 2.36 bits per heavy atom. The smallest absolute Gasteiger partial charge is 0.326 e. The number of benzene rings is 2. The van der Waals surface area contributed by atoms with Gasteiger partial charge >= 0.3 is 5.97 Å². The molecular formula is C16H13ClFNO3. The summed E-state index contributed by atoms with van der Waals surface area (Å²) in [6.07, 6.45) is 0. The predicted octanol–water partition coefficient (Wildman–Crippen LogP) is 3.60. The number of carbonyl (C=O) groups is 2. The lowest BCUT2D eigenvalue weighted by atomic mass is 10.1. The molecule has 1 atom stereocenters. The number of anilines is 1. The standard InChI is InChI=1S/C16H13ClFNO3/c1-10(16(21)22)19(12-5-3-2-4-6-12)15(20)11-7-8-14(18)13(17)9-11/h2-10H,1H3,(H,21,22). The number of carbonyl (C=O) groups excluding carboxylic acids is 1. The third-order valence-corrected chi connectivity index (χ3v) is 3.45. The van der Waals surface area contributed by atoms with E-state index >= 15 is 0 Å². The van der Waals surface area contributed by atoms with E-state index in [4.69, 9.17) is 11.6 Å². The van der Waals surface area contributed by atoms with Gasteiger partial charge in [0.25, 0.3) is 5.91 Å². The number of para-hydroxylation sites is 1. The van der Waals surface area contributed by atoms with Crippen molar-refractivity contribution in [2.75, 3.05) is 4.90 Å². The van der Waals surface area contributed by atoms with Gasteiger partial charge in [-0.3, -0.25) is 9.69 Å². The van der Waals surface area contributed by atoms with Crippen LogP contribution in [-0.4, -0.2) is 23.0 Å². The molecule has 0 radical (unpaired) electrons. The Balaban J connectivity index is 2.46. The van der Waals surface area contributed by atoms with Crippen LogP contribution in [0.3, 0.4) is 0 Å². The zero-order valence-corrected chi connectivity index (χ0v) is 12.4. The molecule has 1 N–H and O–H groups in total. The molecule has 2 rings (SSSR count). The summed E-state index contributed by atoms with van der Waals surface area (Å²) >= 11 is 5.69. The van der Waals surface area contributed by atoms with Crippen molar-refractivity contribution in [3.63, 3.8) is 0 Å². The average Bonchev–Trinajstić information content (AvgIpc) is 2.51. The molecule has 1 amide bonds. The van der Waals surface area contributed by atoms with Crippen LogP contribution in [0.4, 0.5) is 10.1 Å². The van der Waals surface area contributed by atoms with Crippen molar-refractivity contribution in [3.8, 4) is 0 Å². The van der Waals surface area contributed by atoms with Crippen LogP contribution in [0.5, 0.6) is 0 Å². The van der Waals surface area contributed by atoms with Crippen LogP contribution in [0.2, 0.25) is 5.02 Å². The number of halogens is 2. The van der Waals surface area contributed by atoms with Crippen LogP contribution in [0.1, 0.15) is 17.3 Å². The second-order valence-electron chi connectivity index (χ2n) is 4.65. The number of carboxylic acids is 1. The molecule has 0 heterocycles. The highest BCUT2D eigenvalue weighted by molar-refractivity contribution is 6.31. The van der Waals surface area contributed by atoms with Gasteiger partial charge in [0.2, 0.25) is 0 Å². The lowest BCUT2D eigenvalue weighted by Crippen LogP contribution is -2.43. The van der Waals surface area contributed by atoms with E-state index in [1.165, 1.54) is 19.1 Å². The largest absolute Gasteiger partial charge is 0.480 e. The van der Waals surface area contributed by atoms with Gasteiger partial charge in [-0.15, -0.1) is 0 Å². The summed E-state index contributed by atoms with van der Waals surface area (Å²) in [5.74, 6) is -2.36. The van der Waals surface area contributed by atoms with E-state index in [1.54, 1.807) is 30.3 Å². The van der Waals surface area contributed by atoms with Crippen molar-refractivity contribution in [3.05, 3.63) is 64.9 Å². The Hall–Kier alpha value is -2.40. The van der Waals surface area contributed by atoms with Crippen molar-refractivity contribution in [2.45, 2.75) is 13.0 Å². The number of carboxylic acid groups (broad SMARTS) is 1. The van der Waals surface area contributed by atoms with Gasteiger partial charge in [0.15, 0.2) is 0 Å². The summed E-state index contributed by atoms with van der Waals surface area (Å²) in [5, 5.41) is 9.04. The summed E-state index contributed by atoms with van der Waals surface area (Å²) in [6, 6.07) is 10.8. The Bertz CT molecular complexity index is 706. The molecule has 0 aliphatic rings. The topological polar surface area (TPSA) is 57.6 Å². The highest BCUT2D eigenvalue weighted by atomic mass is 35.5. The number of rotatable bonds is 4. The first-order valence-corrected chi connectivity index (χ1v) is 6.86. The molecule has 114 valence electrons. The molecule has 6 heteroatoms. The maximum absolute atomic E-state index is 13.2. The normalized spacial score (nSPS) is 11.8. The molecule has 0 bridgehead atoms. The van der Waals surface area contributed by atoms with E-state index < -0.39 is 23.7 Å². The Morgan fingerprint density at radius 1 is 1.18 bits per heavy atom. The van der Waals surface area contributed by atoms with Gasteiger partial charge in [-0.2, -0.15) is 0 Å². The van der Waals surface area contributed by atoms with Gasteiger partial charge < -0.3 is 5.11 Å². The zero-order chi connectivity index (χ0) is 16.3. The van der Waals surface area contributed by atoms with Crippen LogP contribution in [0.15, 0.2) is 48.5 Å². The van der Waals surface area contributed by atoms with E-state index in [9.17, 15) is 19.1 Å². The molecule has 0 fully saturated rings. The van der Waals surface area contributed by atoms with E-state index in [-0.39, 0.29) is 10.6 Å². The molecule has 0 aliphatic carbocycles. The zero-order valence-electron chi connectivity index (χ0n) is 11.7. The first-order chi connectivity index (χ1) is 10.4. The fourth-order valence-corrected chi connectivity index (χ4v) is 2.16. The highest BCUT2D eigenvalue weighted by Gasteiger charge is 2.28. The number of nitrogens with zero attached hydrogens (tertiary/aromatic N) is 1. The lowest BCUT2D eigenvalue weighted by Gasteiger charge is -2.26. The van der Waals surface area contributed by atoms with E-state index in [1.807, 2.05) is 0 Å². The maximum Gasteiger partial charge on any atom is 0.326 e. The number of aliphatic carboxylic acids is 1. The summed E-state index contributed by atoms with van der Waals surface area (Å²) in [4.78, 5) is 25.1. The van der Waals surface area contributed by atoms with Gasteiger partial charge in [0, 0.05) is 11.3 Å². The Kier molecular flexibility index (Phi) is 4.78. The van der Waals surface area contributed by atoms with E-state index in [2.05, 4.69) is 0 Å². The number of hydrogen-bond donors (Lipinski definition) is 1. The molecule has 1 unspecified atom stereocenters. The van der Waals surface area contributed by atoms with Crippen LogP contribution in [0.25, 0.3) is 0 Å². The minimum absolute atomic E-state index is 0.114. The minimum Gasteiger partial charge on any atom is -0.480 e. The molecule has 0 aromatic heterocycles. The van der Waals surface area contributed by atoms with Crippen molar-refractivity contribution in [2.24, 2.45) is 0 Å². The quantitative estimate of drug-likeness (QED) is 0.936. The van der Waals surface area contributed by atoms with E-state index in [0.717, 1.165) is 11.0 Å². The van der Waals surface area contributed by atoms with Crippen molar-refractivity contribution < 1.29 is 19.1 Å². The Morgan fingerprint density at radius 2 is 1.82 bits per heavy atom. The van der Waals surface area contributed by atoms with Crippen LogP contribution in [-0.2, 0) is 4.79 Å². The first-order valence-electron chi connectivity index (χ1n) is 6.48. The first kappa shape index (κ1) is 16.0. The molecule has 2 aromatic carbocycles. The van der Waals surface area contributed by atoms with Gasteiger partial charge in [-0.25, -0.2) is 9.18 Å². The van der Waals surface area contributed by atoms with Crippen LogP contribution >= 0.6 is 11.6 Å². The third-order valence-electron chi connectivity index (χ3n) is 3.16. The van der Waals surface area contributed by atoms with Crippen molar-refractivity contribution >= 4 is 29.2 Å². The molecule has 2 aromatic rings. The monoisotopic (exact) mass is 321 g/mol. The highest BCUT2D eigenvalue weighted by Crippen LogP contribution is 2.22. The number of hydrogen-bond acceptors (Lipinski definition) is 2. The fraction of sp³-hybridized carbons (Fsp3) is 0.125. The fourth-order valence-electron chi connectivity index (χ4n) is 1.98. The van der Waals surface area contributed by atoms with Crippen LogP contribution < -0.4 is 4.90 Å². The maximum atomic E-state index is 13.2. The Labute approximate surface area is 131 Å². The van der Waals surface area contributed by atoms with Gasteiger partial charge in [-0.05, 0) is 37.3 Å². The predicted molar refractivity (Wildman–Crippen MR) is 81.8 cm³/mol. The molecule has 4 nitrogen and oxygen atoms in total. The molecule has 22 heavy (non-hydrogen) atoms. The lowest BCUT2D eigenvalue weighted by molar-refractivity contribution is -0.138. The summed E-state index contributed by atoms with van der Waals surface area (Å²) in [5.41, 5.74) is 0.547. The molecular weight excluding hydrogens is 309 g/mol. The van der Waals surface area contributed by atoms with Crippen molar-refractivity contribution in [1.82, 2.24) is 0 Å². The van der Waals surface area contributed by atoms with E-state index in [0.29, 0.717) is 5.69 Å². The molecule has 0 spiro atoms. The summed E-state index contributed by atoms with van der Waals surface area (Å²) in [7, 11) is 0. The second kappa shape index (κ2) is 6.58. The molecule has 0 aliphatic heterocycles. The minimum atomic E-state index is -1.15. The molecule has 0 saturated heterocycles. The molecule has 0 saturated carbocycles. The second-order valence-corrected chi connectivity index (χ2v) is 5.06. The van der Waals surface area contributed by atoms with Gasteiger partial charge in [0.1, 0.15) is 11.9 Å². The van der Waals surface area contributed by atoms with Gasteiger partial charge in [-0.1, -0.05) is 29.8 Å². The third kappa shape index (κ3) is 3.26. The van der Waals surface area contributed by atoms with Crippen LogP contribution in [0, 0.1) is 5.82 Å². The van der Waals surface area contributed by atoms with Gasteiger partial charge in [0.05, 0.1) is 5.02 Å². The van der Waals surface area contributed by atoms with Crippen molar-refractivity contribution in [1.29, 1.82) is 0 Å². The summed E-state index contributed by atoms with van der Waals surface area (Å²) in [6.45, 7) is 1.40. The summed E-state index contributed by atoms with van der Waals surface area (Å²) < 4.78 is 13.2. The number of amides is 1. The average molecular weight is 322 g/mol.